The van der Waals surface area contributed by atoms with E-state index in [9.17, 15) is 4.79 Å². The van der Waals surface area contributed by atoms with Crippen LogP contribution in [0, 0.1) is 4.77 Å². The number of H-pyrrole nitrogens is 1. The lowest BCUT2D eigenvalue weighted by molar-refractivity contribution is 0.186. The lowest BCUT2D eigenvalue weighted by atomic mass is 10.2. The van der Waals surface area contributed by atoms with Gasteiger partial charge in [-0.1, -0.05) is 0 Å². The maximum atomic E-state index is 11.6. The Morgan fingerprint density at radius 2 is 2.20 bits per heavy atom. The van der Waals surface area contributed by atoms with E-state index < -0.39 is 0 Å². The molecule has 0 saturated carbocycles. The highest BCUT2D eigenvalue weighted by atomic mass is 32.1. The van der Waals surface area contributed by atoms with Crippen molar-refractivity contribution in [2.24, 2.45) is 0 Å². The Kier molecular flexibility index (Phi) is 4.65. The molecule has 0 aromatic carbocycles. The zero-order valence-electron chi connectivity index (χ0n) is 11.3. The minimum Gasteiger partial charge on any atom is -0.481 e. The molecule has 0 amide bonds. The number of hydrogen-bond donors (Lipinski definition) is 1. The standard InChI is InChI=1S/C13H15N3O3S/c1-18-6-5-16-10(7-11(17)15-13(16)20)9-3-4-12(19-2)14-8-9/h3-4,7-8H,5-6H2,1-2H3,(H,15,17,20). The fourth-order valence-corrected chi connectivity index (χ4v) is 2.11. The molecule has 0 aliphatic heterocycles. The molecule has 0 aliphatic carbocycles. The summed E-state index contributed by atoms with van der Waals surface area (Å²) < 4.78 is 12.3. The number of rotatable bonds is 5. The topological polar surface area (TPSA) is 69.1 Å². The molecule has 0 saturated heterocycles. The van der Waals surface area contributed by atoms with Crippen LogP contribution in [0.4, 0.5) is 0 Å². The first-order valence-electron chi connectivity index (χ1n) is 5.99. The molecule has 2 aromatic rings. The highest BCUT2D eigenvalue weighted by Gasteiger charge is 2.07. The van der Waals surface area contributed by atoms with Gasteiger partial charge >= 0.3 is 0 Å². The lowest BCUT2D eigenvalue weighted by Gasteiger charge is -2.13. The maximum Gasteiger partial charge on any atom is 0.252 e. The van der Waals surface area contributed by atoms with Gasteiger partial charge in [0.1, 0.15) is 0 Å². The second kappa shape index (κ2) is 6.44. The van der Waals surface area contributed by atoms with Gasteiger partial charge in [0, 0.05) is 37.5 Å². The summed E-state index contributed by atoms with van der Waals surface area (Å²) in [6, 6.07) is 5.06. The summed E-state index contributed by atoms with van der Waals surface area (Å²) in [6.45, 7) is 1.05. The predicted octanol–water partition coefficient (Wildman–Crippen LogP) is 1.62. The fraction of sp³-hybridized carbons (Fsp3) is 0.308. The molecule has 2 rings (SSSR count). The van der Waals surface area contributed by atoms with Gasteiger partial charge in [0.25, 0.3) is 5.56 Å². The minimum absolute atomic E-state index is 0.241. The Hall–Kier alpha value is -1.99. The van der Waals surface area contributed by atoms with Crippen molar-refractivity contribution < 1.29 is 9.47 Å². The number of aromatic nitrogens is 3. The molecule has 2 heterocycles. The Labute approximate surface area is 121 Å². The first kappa shape index (κ1) is 14.4. The summed E-state index contributed by atoms with van der Waals surface area (Å²) in [5, 5.41) is 0. The van der Waals surface area contributed by atoms with E-state index in [-0.39, 0.29) is 5.56 Å². The molecular weight excluding hydrogens is 278 g/mol. The van der Waals surface area contributed by atoms with Crippen molar-refractivity contribution in [2.75, 3.05) is 20.8 Å². The number of methoxy groups -OCH3 is 2. The molecule has 20 heavy (non-hydrogen) atoms. The van der Waals surface area contributed by atoms with Crippen LogP contribution in [-0.2, 0) is 11.3 Å². The third-order valence-electron chi connectivity index (χ3n) is 2.79. The molecule has 0 unspecified atom stereocenters. The summed E-state index contributed by atoms with van der Waals surface area (Å²) in [7, 11) is 3.17. The van der Waals surface area contributed by atoms with Crippen LogP contribution in [0.15, 0.2) is 29.2 Å². The molecule has 0 fully saturated rings. The predicted molar refractivity (Wildman–Crippen MR) is 77.5 cm³/mol. The molecule has 0 spiro atoms. The first-order valence-corrected chi connectivity index (χ1v) is 6.40. The highest BCUT2D eigenvalue weighted by Crippen LogP contribution is 2.19. The molecule has 2 aromatic heterocycles. The third-order valence-corrected chi connectivity index (χ3v) is 3.12. The van der Waals surface area contributed by atoms with E-state index >= 15 is 0 Å². The van der Waals surface area contributed by atoms with Gasteiger partial charge in [0.05, 0.1) is 19.4 Å². The van der Waals surface area contributed by atoms with Crippen LogP contribution in [0.2, 0.25) is 0 Å². The molecule has 1 N–H and O–H groups in total. The van der Waals surface area contributed by atoms with E-state index in [4.69, 9.17) is 21.7 Å². The summed E-state index contributed by atoms with van der Waals surface area (Å²) in [4.78, 5) is 18.4. The van der Waals surface area contributed by atoms with Gasteiger partial charge in [-0.05, 0) is 18.3 Å². The van der Waals surface area contributed by atoms with E-state index in [0.29, 0.717) is 29.5 Å². The maximum absolute atomic E-state index is 11.6. The van der Waals surface area contributed by atoms with E-state index in [1.54, 1.807) is 26.5 Å². The molecule has 6 nitrogen and oxygen atoms in total. The van der Waals surface area contributed by atoms with Crippen molar-refractivity contribution in [2.45, 2.75) is 6.54 Å². The van der Waals surface area contributed by atoms with Crippen LogP contribution in [-0.4, -0.2) is 35.4 Å². The van der Waals surface area contributed by atoms with Gasteiger partial charge in [-0.2, -0.15) is 0 Å². The van der Waals surface area contributed by atoms with Crippen LogP contribution in [0.3, 0.4) is 0 Å². The smallest absolute Gasteiger partial charge is 0.252 e. The van der Waals surface area contributed by atoms with Gasteiger partial charge in [0.15, 0.2) is 4.77 Å². The number of hydrogen-bond acceptors (Lipinski definition) is 5. The van der Waals surface area contributed by atoms with Gasteiger partial charge < -0.3 is 14.0 Å². The van der Waals surface area contributed by atoms with Gasteiger partial charge in [-0.15, -0.1) is 0 Å². The second-order valence-electron chi connectivity index (χ2n) is 4.06. The van der Waals surface area contributed by atoms with Crippen LogP contribution in [0.1, 0.15) is 0 Å². The van der Waals surface area contributed by atoms with Crippen molar-refractivity contribution in [1.29, 1.82) is 0 Å². The number of ether oxygens (including phenoxy) is 2. The monoisotopic (exact) mass is 293 g/mol. The van der Waals surface area contributed by atoms with Crippen molar-refractivity contribution in [3.8, 4) is 17.1 Å². The normalized spacial score (nSPS) is 10.5. The Morgan fingerprint density at radius 1 is 1.40 bits per heavy atom. The molecule has 0 radical (unpaired) electrons. The van der Waals surface area contributed by atoms with Gasteiger partial charge in [-0.25, -0.2) is 4.98 Å². The molecule has 0 bridgehead atoms. The molecule has 0 aliphatic rings. The Balaban J connectivity index is 2.52. The number of nitrogens with zero attached hydrogens (tertiary/aromatic N) is 2. The van der Waals surface area contributed by atoms with Gasteiger partial charge in [0.2, 0.25) is 5.88 Å². The lowest BCUT2D eigenvalue weighted by Crippen LogP contribution is -2.16. The zero-order chi connectivity index (χ0) is 14.5. The van der Waals surface area contributed by atoms with Crippen LogP contribution < -0.4 is 10.3 Å². The molecule has 0 atom stereocenters. The van der Waals surface area contributed by atoms with E-state index in [2.05, 4.69) is 9.97 Å². The van der Waals surface area contributed by atoms with Crippen molar-refractivity contribution in [1.82, 2.24) is 14.5 Å². The molecule has 106 valence electrons. The first-order chi connectivity index (χ1) is 9.65. The van der Waals surface area contributed by atoms with Crippen molar-refractivity contribution in [3.05, 3.63) is 39.5 Å². The summed E-state index contributed by atoms with van der Waals surface area (Å²) >= 11 is 5.20. The van der Waals surface area contributed by atoms with Crippen LogP contribution in [0.25, 0.3) is 11.3 Å². The highest BCUT2D eigenvalue weighted by molar-refractivity contribution is 7.71. The number of pyridine rings is 1. The summed E-state index contributed by atoms with van der Waals surface area (Å²) in [5.74, 6) is 0.514. The average Bonchev–Trinajstić information content (AvgIpc) is 2.46. The van der Waals surface area contributed by atoms with Crippen LogP contribution in [0.5, 0.6) is 5.88 Å². The van der Waals surface area contributed by atoms with E-state index in [1.165, 1.54) is 6.07 Å². The molecule has 7 heteroatoms. The molecular formula is C13H15N3O3S. The third kappa shape index (κ3) is 3.12. The Bertz CT molecular complexity index is 691. The summed E-state index contributed by atoms with van der Waals surface area (Å²) in [5.41, 5.74) is 1.25. The number of nitrogens with one attached hydrogen (secondary N) is 1. The second-order valence-corrected chi connectivity index (χ2v) is 4.44. The quantitative estimate of drug-likeness (QED) is 0.848. The Morgan fingerprint density at radius 3 is 2.80 bits per heavy atom. The average molecular weight is 293 g/mol. The summed E-state index contributed by atoms with van der Waals surface area (Å²) in [6.07, 6.45) is 1.64. The van der Waals surface area contributed by atoms with E-state index in [1.807, 2.05) is 10.6 Å². The van der Waals surface area contributed by atoms with Crippen LogP contribution >= 0.6 is 12.2 Å². The van der Waals surface area contributed by atoms with Crippen molar-refractivity contribution >= 4 is 12.2 Å². The SMILES string of the molecule is COCCn1c(-c2ccc(OC)nc2)cc(=O)[nH]c1=S. The fourth-order valence-electron chi connectivity index (χ4n) is 1.82. The van der Waals surface area contributed by atoms with Gasteiger partial charge in [-0.3, -0.25) is 9.78 Å². The minimum atomic E-state index is -0.241. The zero-order valence-corrected chi connectivity index (χ0v) is 12.1. The van der Waals surface area contributed by atoms with E-state index in [0.717, 1.165) is 5.56 Å². The van der Waals surface area contributed by atoms with Crippen molar-refractivity contribution in [3.63, 3.8) is 0 Å². The largest absolute Gasteiger partial charge is 0.481 e. The number of aromatic amines is 1.